The minimum atomic E-state index is -0.419. The van der Waals surface area contributed by atoms with E-state index in [1.165, 1.54) is 13.4 Å². The van der Waals surface area contributed by atoms with Gasteiger partial charge in [-0.1, -0.05) is 0 Å². The first kappa shape index (κ1) is 13.2. The summed E-state index contributed by atoms with van der Waals surface area (Å²) in [6.45, 7) is 0.989. The van der Waals surface area contributed by atoms with Gasteiger partial charge in [0.05, 0.1) is 24.9 Å². The third-order valence-corrected chi connectivity index (χ3v) is 3.42. The molecule has 2 heterocycles. The summed E-state index contributed by atoms with van der Waals surface area (Å²) in [7, 11) is 1.32. The molecule has 0 bridgehead atoms. The number of esters is 1. The Labute approximate surface area is 121 Å². The van der Waals surface area contributed by atoms with Crippen LogP contribution in [0.1, 0.15) is 32.0 Å². The lowest BCUT2D eigenvalue weighted by molar-refractivity contribution is 0.0599. The van der Waals surface area contributed by atoms with E-state index in [4.69, 9.17) is 0 Å². The fraction of sp³-hybridized carbons (Fsp3) is 0.200. The minimum Gasteiger partial charge on any atom is -0.465 e. The van der Waals surface area contributed by atoms with Crippen molar-refractivity contribution >= 4 is 11.9 Å². The van der Waals surface area contributed by atoms with Gasteiger partial charge in [0, 0.05) is 23.9 Å². The number of ether oxygens (including phenoxy) is 1. The van der Waals surface area contributed by atoms with E-state index in [0.29, 0.717) is 24.2 Å². The Morgan fingerprint density at radius 3 is 2.52 bits per heavy atom. The number of aromatic nitrogens is 2. The molecule has 3 rings (SSSR count). The Balaban J connectivity index is 1.76. The van der Waals surface area contributed by atoms with Gasteiger partial charge in [-0.25, -0.2) is 14.8 Å². The first-order valence-electron chi connectivity index (χ1n) is 6.44. The van der Waals surface area contributed by atoms with Crippen molar-refractivity contribution in [2.45, 2.75) is 13.1 Å². The van der Waals surface area contributed by atoms with Crippen molar-refractivity contribution in [1.82, 2.24) is 14.9 Å². The molecule has 0 saturated heterocycles. The summed E-state index contributed by atoms with van der Waals surface area (Å²) in [4.78, 5) is 33.6. The van der Waals surface area contributed by atoms with E-state index in [1.807, 2.05) is 0 Å². The molecule has 6 nitrogen and oxygen atoms in total. The van der Waals surface area contributed by atoms with Gasteiger partial charge in [-0.05, 0) is 24.3 Å². The predicted molar refractivity (Wildman–Crippen MR) is 73.4 cm³/mol. The van der Waals surface area contributed by atoms with Crippen molar-refractivity contribution in [3.8, 4) is 0 Å². The normalized spacial score (nSPS) is 12.9. The van der Waals surface area contributed by atoms with Crippen molar-refractivity contribution in [3.63, 3.8) is 0 Å². The fourth-order valence-corrected chi connectivity index (χ4v) is 2.29. The van der Waals surface area contributed by atoms with E-state index in [9.17, 15) is 9.59 Å². The highest BCUT2D eigenvalue weighted by Gasteiger charge is 2.25. The average Bonchev–Trinajstić information content (AvgIpc) is 2.97. The van der Waals surface area contributed by atoms with E-state index in [2.05, 4.69) is 14.7 Å². The highest BCUT2D eigenvalue weighted by molar-refractivity contribution is 5.96. The maximum Gasteiger partial charge on any atom is 0.337 e. The molecular weight excluding hydrogens is 270 g/mol. The number of carbonyl (C=O) groups excluding carboxylic acids is 2. The molecule has 0 unspecified atom stereocenters. The van der Waals surface area contributed by atoms with Gasteiger partial charge in [-0.3, -0.25) is 4.79 Å². The first-order chi connectivity index (χ1) is 10.2. The molecule has 1 aromatic carbocycles. The van der Waals surface area contributed by atoms with Crippen LogP contribution in [0.3, 0.4) is 0 Å². The third kappa shape index (κ3) is 2.47. The summed E-state index contributed by atoms with van der Waals surface area (Å²) in [5.74, 6) is -0.512. The van der Waals surface area contributed by atoms with E-state index in [1.54, 1.807) is 35.4 Å². The molecule has 0 saturated carbocycles. The molecule has 0 radical (unpaired) electrons. The van der Waals surface area contributed by atoms with Crippen molar-refractivity contribution in [1.29, 1.82) is 0 Å². The molecule has 0 fully saturated rings. The molecule has 1 amide bonds. The van der Waals surface area contributed by atoms with Crippen molar-refractivity contribution in [3.05, 3.63) is 59.2 Å². The van der Waals surface area contributed by atoms with Gasteiger partial charge in [0.1, 0.15) is 6.33 Å². The zero-order valence-electron chi connectivity index (χ0n) is 11.4. The monoisotopic (exact) mass is 283 g/mol. The van der Waals surface area contributed by atoms with E-state index in [0.717, 1.165) is 11.3 Å². The fourth-order valence-electron chi connectivity index (χ4n) is 2.29. The Morgan fingerprint density at radius 1 is 1.14 bits per heavy atom. The van der Waals surface area contributed by atoms with Crippen LogP contribution in [0.2, 0.25) is 0 Å². The molecule has 2 aromatic rings. The molecule has 0 aliphatic carbocycles. The number of methoxy groups -OCH3 is 1. The number of hydrogen-bond acceptors (Lipinski definition) is 5. The van der Waals surface area contributed by atoms with Crippen molar-refractivity contribution in [2.24, 2.45) is 0 Å². The van der Waals surface area contributed by atoms with Gasteiger partial charge in [0.15, 0.2) is 0 Å². The van der Waals surface area contributed by atoms with Crippen LogP contribution in [0.15, 0.2) is 36.8 Å². The molecule has 1 aliphatic heterocycles. The molecule has 1 aromatic heterocycles. The highest BCUT2D eigenvalue weighted by atomic mass is 16.5. The SMILES string of the molecule is COC(=O)c1ccc(C(=O)N2Cc3cncnc3C2)cc1. The topological polar surface area (TPSA) is 72.4 Å². The van der Waals surface area contributed by atoms with Crippen LogP contribution in [-0.4, -0.2) is 33.9 Å². The maximum atomic E-state index is 12.4. The summed E-state index contributed by atoms with van der Waals surface area (Å²) in [5.41, 5.74) is 2.80. The first-order valence-corrected chi connectivity index (χ1v) is 6.44. The van der Waals surface area contributed by atoms with Crippen LogP contribution in [0.25, 0.3) is 0 Å². The average molecular weight is 283 g/mol. The smallest absolute Gasteiger partial charge is 0.337 e. The second-order valence-corrected chi connectivity index (χ2v) is 4.72. The third-order valence-electron chi connectivity index (χ3n) is 3.42. The Kier molecular flexibility index (Phi) is 3.35. The largest absolute Gasteiger partial charge is 0.465 e. The zero-order chi connectivity index (χ0) is 14.8. The number of rotatable bonds is 2. The lowest BCUT2D eigenvalue weighted by Crippen LogP contribution is -2.25. The van der Waals surface area contributed by atoms with Gasteiger partial charge in [0.2, 0.25) is 0 Å². The molecule has 1 aliphatic rings. The van der Waals surface area contributed by atoms with Gasteiger partial charge in [-0.15, -0.1) is 0 Å². The maximum absolute atomic E-state index is 12.4. The van der Waals surface area contributed by atoms with E-state index >= 15 is 0 Å². The summed E-state index contributed by atoms with van der Waals surface area (Å²) in [6, 6.07) is 6.43. The second kappa shape index (κ2) is 5.32. The van der Waals surface area contributed by atoms with Crippen LogP contribution in [0.4, 0.5) is 0 Å². The Bertz CT molecular complexity index is 673. The minimum absolute atomic E-state index is 0.0931. The van der Waals surface area contributed by atoms with Gasteiger partial charge in [0.25, 0.3) is 5.91 Å². The number of nitrogens with zero attached hydrogens (tertiary/aromatic N) is 3. The zero-order valence-corrected chi connectivity index (χ0v) is 11.4. The van der Waals surface area contributed by atoms with Crippen molar-refractivity contribution < 1.29 is 14.3 Å². The van der Waals surface area contributed by atoms with Gasteiger partial charge < -0.3 is 9.64 Å². The molecule has 106 valence electrons. The Morgan fingerprint density at radius 2 is 1.86 bits per heavy atom. The number of carbonyl (C=O) groups is 2. The lowest BCUT2D eigenvalue weighted by atomic mass is 10.1. The molecule has 6 heteroatoms. The lowest BCUT2D eigenvalue weighted by Gasteiger charge is -2.15. The predicted octanol–water partition coefficient (Wildman–Crippen LogP) is 1.42. The molecule has 0 N–H and O–H groups in total. The standard InChI is InChI=1S/C15H13N3O3/c1-21-15(20)11-4-2-10(3-5-11)14(19)18-7-12-6-16-9-17-13(12)8-18/h2-6,9H,7-8H2,1H3. The van der Waals surface area contributed by atoms with E-state index < -0.39 is 5.97 Å². The number of hydrogen-bond donors (Lipinski definition) is 0. The molecule has 21 heavy (non-hydrogen) atoms. The van der Waals surface area contributed by atoms with Crippen LogP contribution in [0, 0.1) is 0 Å². The second-order valence-electron chi connectivity index (χ2n) is 4.72. The van der Waals surface area contributed by atoms with Crippen LogP contribution >= 0.6 is 0 Å². The summed E-state index contributed by atoms with van der Waals surface area (Å²) in [5, 5.41) is 0. The number of fused-ring (bicyclic) bond motifs is 1. The Hall–Kier alpha value is -2.76. The van der Waals surface area contributed by atoms with Crippen LogP contribution in [-0.2, 0) is 17.8 Å². The van der Waals surface area contributed by atoms with E-state index in [-0.39, 0.29) is 5.91 Å². The van der Waals surface area contributed by atoms with Gasteiger partial charge in [-0.2, -0.15) is 0 Å². The number of amides is 1. The summed E-state index contributed by atoms with van der Waals surface area (Å²) in [6.07, 6.45) is 3.22. The molecule has 0 atom stereocenters. The van der Waals surface area contributed by atoms with Gasteiger partial charge >= 0.3 is 5.97 Å². The highest BCUT2D eigenvalue weighted by Crippen LogP contribution is 2.21. The molecular formula is C15H13N3O3. The summed E-state index contributed by atoms with van der Waals surface area (Å²) < 4.78 is 4.63. The van der Waals surface area contributed by atoms with Crippen LogP contribution < -0.4 is 0 Å². The molecule has 0 spiro atoms. The quantitative estimate of drug-likeness (QED) is 0.779. The summed E-state index contributed by atoms with van der Waals surface area (Å²) >= 11 is 0. The van der Waals surface area contributed by atoms with Crippen molar-refractivity contribution in [2.75, 3.05) is 7.11 Å². The number of benzene rings is 1. The van der Waals surface area contributed by atoms with Crippen LogP contribution in [0.5, 0.6) is 0 Å².